The molecule has 0 saturated carbocycles. The lowest BCUT2D eigenvalue weighted by Crippen LogP contribution is -2.46. The van der Waals surface area contributed by atoms with Crippen LogP contribution in [0.5, 0.6) is 0 Å². The van der Waals surface area contributed by atoms with E-state index in [2.05, 4.69) is 0 Å². The van der Waals surface area contributed by atoms with Gasteiger partial charge in [-0.1, -0.05) is 27.7 Å². The first-order valence-electron chi connectivity index (χ1n) is 6.95. The van der Waals surface area contributed by atoms with Gasteiger partial charge in [-0.25, -0.2) is 0 Å². The van der Waals surface area contributed by atoms with E-state index in [4.69, 9.17) is 0 Å². The molecule has 0 radical (unpaired) electrons. The normalized spacial score (nSPS) is 19.7. The Bertz CT molecular complexity index is 330. The molecule has 1 N–H and O–H groups in total. The quantitative estimate of drug-likeness (QED) is 0.739. The SMILES string of the molecule is CCC(O)(CC)CN1C(=O)CC(CC)(CC)C1=O. The summed E-state index contributed by atoms with van der Waals surface area (Å²) in [5, 5.41) is 10.3. The van der Waals surface area contributed by atoms with Crippen LogP contribution in [0.2, 0.25) is 0 Å². The molecule has 0 aliphatic carbocycles. The highest BCUT2D eigenvalue weighted by Crippen LogP contribution is 2.39. The standard InChI is InChI=1S/C14H25NO3/c1-5-13(6-2)9-11(16)15(12(13)17)10-14(18,7-3)8-4/h18H,5-10H2,1-4H3. The lowest BCUT2D eigenvalue weighted by molar-refractivity contribution is -0.146. The minimum absolute atomic E-state index is 0.0992. The van der Waals surface area contributed by atoms with Crippen LogP contribution in [0, 0.1) is 5.41 Å². The molecular weight excluding hydrogens is 230 g/mol. The minimum Gasteiger partial charge on any atom is -0.388 e. The molecule has 1 fully saturated rings. The summed E-state index contributed by atoms with van der Waals surface area (Å²) in [4.78, 5) is 25.7. The number of nitrogens with zero attached hydrogens (tertiary/aromatic N) is 1. The molecule has 1 heterocycles. The van der Waals surface area contributed by atoms with Gasteiger partial charge in [0, 0.05) is 6.42 Å². The van der Waals surface area contributed by atoms with Crippen molar-refractivity contribution >= 4 is 11.8 Å². The van der Waals surface area contributed by atoms with Gasteiger partial charge in [0.1, 0.15) is 0 Å². The maximum atomic E-state index is 12.4. The Balaban J connectivity index is 2.92. The number of hydrogen-bond donors (Lipinski definition) is 1. The van der Waals surface area contributed by atoms with E-state index in [-0.39, 0.29) is 18.4 Å². The van der Waals surface area contributed by atoms with E-state index in [1.54, 1.807) is 0 Å². The lowest BCUT2D eigenvalue weighted by atomic mass is 9.81. The van der Waals surface area contributed by atoms with Crippen LogP contribution in [0.25, 0.3) is 0 Å². The summed E-state index contributed by atoms with van der Waals surface area (Å²) >= 11 is 0. The zero-order valence-electron chi connectivity index (χ0n) is 12.0. The zero-order chi connectivity index (χ0) is 14.0. The molecule has 1 saturated heterocycles. The molecule has 0 unspecified atom stereocenters. The van der Waals surface area contributed by atoms with Crippen molar-refractivity contribution < 1.29 is 14.7 Å². The van der Waals surface area contributed by atoms with Gasteiger partial charge in [-0.3, -0.25) is 14.5 Å². The molecule has 104 valence electrons. The van der Waals surface area contributed by atoms with Crippen molar-refractivity contribution in [2.45, 2.75) is 65.4 Å². The van der Waals surface area contributed by atoms with Gasteiger partial charge in [0.2, 0.25) is 11.8 Å². The van der Waals surface area contributed by atoms with Crippen LogP contribution in [0.15, 0.2) is 0 Å². The average Bonchev–Trinajstić information content (AvgIpc) is 2.63. The van der Waals surface area contributed by atoms with Gasteiger partial charge in [0.15, 0.2) is 0 Å². The Labute approximate surface area is 109 Å². The maximum absolute atomic E-state index is 12.4. The average molecular weight is 255 g/mol. The summed E-state index contributed by atoms with van der Waals surface area (Å²) in [5.41, 5.74) is -1.47. The van der Waals surface area contributed by atoms with E-state index in [9.17, 15) is 14.7 Å². The van der Waals surface area contributed by atoms with Crippen LogP contribution >= 0.6 is 0 Å². The third-order valence-electron chi connectivity index (χ3n) is 4.61. The van der Waals surface area contributed by atoms with Gasteiger partial charge in [0.25, 0.3) is 0 Å². The third kappa shape index (κ3) is 2.44. The van der Waals surface area contributed by atoms with E-state index >= 15 is 0 Å². The molecule has 1 rings (SSSR count). The molecule has 4 heteroatoms. The van der Waals surface area contributed by atoms with Crippen molar-refractivity contribution in [3.8, 4) is 0 Å². The topological polar surface area (TPSA) is 57.6 Å². The highest BCUT2D eigenvalue weighted by Gasteiger charge is 2.50. The van der Waals surface area contributed by atoms with Crippen molar-refractivity contribution in [1.82, 2.24) is 4.90 Å². The summed E-state index contributed by atoms with van der Waals surface area (Å²) in [7, 11) is 0. The van der Waals surface area contributed by atoms with E-state index in [0.717, 1.165) is 0 Å². The number of carbonyl (C=O) groups excluding carboxylic acids is 2. The monoisotopic (exact) mass is 255 g/mol. The highest BCUT2D eigenvalue weighted by atomic mass is 16.3. The van der Waals surface area contributed by atoms with Crippen LogP contribution in [-0.4, -0.2) is 34.0 Å². The number of likely N-dealkylation sites (tertiary alicyclic amines) is 1. The predicted octanol–water partition coefficient (Wildman–Crippen LogP) is 2.10. The number of rotatable bonds is 6. The largest absolute Gasteiger partial charge is 0.388 e. The van der Waals surface area contributed by atoms with Gasteiger partial charge in [-0.2, -0.15) is 0 Å². The second kappa shape index (κ2) is 5.39. The molecule has 2 amide bonds. The second-order valence-electron chi connectivity index (χ2n) is 5.38. The molecule has 0 aromatic rings. The zero-order valence-corrected chi connectivity index (χ0v) is 12.0. The molecule has 0 bridgehead atoms. The van der Waals surface area contributed by atoms with E-state index < -0.39 is 11.0 Å². The number of hydrogen-bond acceptors (Lipinski definition) is 3. The molecule has 1 aliphatic rings. The summed E-state index contributed by atoms with van der Waals surface area (Å²) in [5.74, 6) is -0.234. The van der Waals surface area contributed by atoms with Crippen LogP contribution in [-0.2, 0) is 9.59 Å². The van der Waals surface area contributed by atoms with Crippen molar-refractivity contribution in [2.24, 2.45) is 5.41 Å². The molecule has 0 spiro atoms. The van der Waals surface area contributed by atoms with Gasteiger partial charge in [0.05, 0.1) is 17.6 Å². The van der Waals surface area contributed by atoms with Gasteiger partial charge in [-0.05, 0) is 25.7 Å². The molecule has 4 nitrogen and oxygen atoms in total. The number of aliphatic hydroxyl groups is 1. The Morgan fingerprint density at radius 2 is 1.67 bits per heavy atom. The number of amides is 2. The van der Waals surface area contributed by atoms with Gasteiger partial charge >= 0.3 is 0 Å². The Kier molecular flexibility index (Phi) is 4.54. The van der Waals surface area contributed by atoms with Gasteiger partial charge in [-0.15, -0.1) is 0 Å². The Morgan fingerprint density at radius 3 is 2.00 bits per heavy atom. The molecule has 1 aliphatic heterocycles. The first-order chi connectivity index (χ1) is 8.38. The van der Waals surface area contributed by atoms with Crippen LogP contribution in [0.4, 0.5) is 0 Å². The first-order valence-corrected chi connectivity index (χ1v) is 6.95. The fourth-order valence-electron chi connectivity index (χ4n) is 2.59. The summed E-state index contributed by atoms with van der Waals surface area (Å²) in [6.07, 6.45) is 2.75. The van der Waals surface area contributed by atoms with Crippen molar-refractivity contribution in [1.29, 1.82) is 0 Å². The smallest absolute Gasteiger partial charge is 0.235 e. The minimum atomic E-state index is -0.942. The molecule has 0 atom stereocenters. The van der Waals surface area contributed by atoms with Gasteiger partial charge < -0.3 is 5.11 Å². The maximum Gasteiger partial charge on any atom is 0.235 e. The van der Waals surface area contributed by atoms with Crippen LogP contribution in [0.3, 0.4) is 0 Å². The molecule has 0 aromatic carbocycles. The highest BCUT2D eigenvalue weighted by molar-refractivity contribution is 6.05. The van der Waals surface area contributed by atoms with E-state index in [1.807, 2.05) is 27.7 Å². The lowest BCUT2D eigenvalue weighted by Gasteiger charge is -2.31. The number of imide groups is 1. The van der Waals surface area contributed by atoms with E-state index in [0.29, 0.717) is 32.1 Å². The van der Waals surface area contributed by atoms with Crippen molar-refractivity contribution in [2.75, 3.05) is 6.54 Å². The second-order valence-corrected chi connectivity index (χ2v) is 5.38. The summed E-state index contributed by atoms with van der Waals surface area (Å²) in [6, 6.07) is 0. The fraction of sp³-hybridized carbons (Fsp3) is 0.857. The Hall–Kier alpha value is -0.900. The summed E-state index contributed by atoms with van der Waals surface area (Å²) < 4.78 is 0. The predicted molar refractivity (Wildman–Crippen MR) is 69.9 cm³/mol. The number of carbonyl (C=O) groups is 2. The van der Waals surface area contributed by atoms with Crippen molar-refractivity contribution in [3.05, 3.63) is 0 Å². The third-order valence-corrected chi connectivity index (χ3v) is 4.61. The van der Waals surface area contributed by atoms with Crippen LogP contribution < -0.4 is 0 Å². The summed E-state index contributed by atoms with van der Waals surface area (Å²) in [6.45, 7) is 7.79. The molecule has 18 heavy (non-hydrogen) atoms. The van der Waals surface area contributed by atoms with Crippen LogP contribution in [0.1, 0.15) is 59.8 Å². The van der Waals surface area contributed by atoms with E-state index in [1.165, 1.54) is 4.90 Å². The Morgan fingerprint density at radius 1 is 1.17 bits per heavy atom. The van der Waals surface area contributed by atoms with Crippen molar-refractivity contribution in [3.63, 3.8) is 0 Å². The first kappa shape index (κ1) is 15.2. The fourth-order valence-corrected chi connectivity index (χ4v) is 2.59. The number of β-amino-alcohol motifs (C(OH)–C–C–N with tert-alkyl or cyclic N) is 1. The molecular formula is C14H25NO3. The molecule has 0 aromatic heterocycles.